The average molecular weight is 324 g/mol. The van der Waals surface area contributed by atoms with E-state index in [1.165, 1.54) is 29.7 Å². The van der Waals surface area contributed by atoms with Gasteiger partial charge in [0.2, 0.25) is 0 Å². The van der Waals surface area contributed by atoms with Crippen LogP contribution in [0.5, 0.6) is 0 Å². The second-order valence-electron chi connectivity index (χ2n) is 5.70. The van der Waals surface area contributed by atoms with E-state index in [-0.39, 0.29) is 5.91 Å². The molecule has 0 unspecified atom stereocenters. The fourth-order valence-corrected chi connectivity index (χ4v) is 3.45. The summed E-state index contributed by atoms with van der Waals surface area (Å²) in [5, 5.41) is 3.55. The molecule has 118 valence electrons. The molecule has 3 aromatic rings. The normalized spacial score (nSPS) is 10.9. The van der Waals surface area contributed by atoms with E-state index < -0.39 is 0 Å². The molecule has 0 saturated heterocycles. The third kappa shape index (κ3) is 3.59. The molecule has 2 aromatic carbocycles. The Morgan fingerprint density at radius 3 is 2.65 bits per heavy atom. The number of hydrogen-bond donors (Lipinski definition) is 1. The van der Waals surface area contributed by atoms with E-state index in [1.54, 1.807) is 0 Å². The second kappa shape index (κ2) is 6.92. The van der Waals surface area contributed by atoms with Gasteiger partial charge in [0.1, 0.15) is 0 Å². The van der Waals surface area contributed by atoms with E-state index in [9.17, 15) is 4.79 Å². The number of nitrogens with one attached hydrogen (secondary N) is 1. The highest BCUT2D eigenvalue weighted by Crippen LogP contribution is 2.28. The summed E-state index contributed by atoms with van der Waals surface area (Å²) in [5.41, 5.74) is 4.03. The van der Waals surface area contributed by atoms with Crippen LogP contribution in [0.4, 0.5) is 5.13 Å². The van der Waals surface area contributed by atoms with E-state index >= 15 is 0 Å². The Hall–Kier alpha value is -2.20. The largest absolute Gasteiger partial charge is 0.298 e. The van der Waals surface area contributed by atoms with Crippen LogP contribution in [0.1, 0.15) is 41.3 Å². The fourth-order valence-electron chi connectivity index (χ4n) is 2.51. The van der Waals surface area contributed by atoms with Crippen molar-refractivity contribution in [1.82, 2.24) is 4.98 Å². The van der Waals surface area contributed by atoms with Gasteiger partial charge in [0.15, 0.2) is 5.13 Å². The first-order valence-corrected chi connectivity index (χ1v) is 8.75. The number of thiazole rings is 1. The Kier molecular flexibility index (Phi) is 4.72. The number of fused-ring (bicyclic) bond motifs is 1. The summed E-state index contributed by atoms with van der Waals surface area (Å²) >= 11 is 1.51. The summed E-state index contributed by atoms with van der Waals surface area (Å²) in [7, 11) is 0. The molecule has 0 radical (unpaired) electrons. The van der Waals surface area contributed by atoms with Gasteiger partial charge in [0, 0.05) is 5.56 Å². The molecule has 23 heavy (non-hydrogen) atoms. The van der Waals surface area contributed by atoms with E-state index in [1.807, 2.05) is 49.4 Å². The number of hydrogen-bond acceptors (Lipinski definition) is 3. The third-order valence-electron chi connectivity index (χ3n) is 3.88. The first kappa shape index (κ1) is 15.7. The quantitative estimate of drug-likeness (QED) is 0.701. The number of benzene rings is 2. The highest BCUT2D eigenvalue weighted by atomic mass is 32.1. The third-order valence-corrected chi connectivity index (χ3v) is 4.81. The molecule has 1 heterocycles. The molecular formula is C19H20N2OS. The predicted molar refractivity (Wildman–Crippen MR) is 97.4 cm³/mol. The lowest BCUT2D eigenvalue weighted by molar-refractivity contribution is 0.102. The van der Waals surface area contributed by atoms with E-state index in [4.69, 9.17) is 0 Å². The van der Waals surface area contributed by atoms with Crippen molar-refractivity contribution in [2.75, 3.05) is 5.32 Å². The maximum atomic E-state index is 12.4. The zero-order chi connectivity index (χ0) is 16.2. The first-order valence-electron chi connectivity index (χ1n) is 7.94. The summed E-state index contributed by atoms with van der Waals surface area (Å²) < 4.78 is 1.09. The van der Waals surface area contributed by atoms with Crippen molar-refractivity contribution < 1.29 is 4.79 Å². The molecule has 0 aliphatic carbocycles. The maximum absolute atomic E-state index is 12.4. The molecular weight excluding hydrogens is 304 g/mol. The number of para-hydroxylation sites is 1. The Balaban J connectivity index is 1.73. The highest BCUT2D eigenvalue weighted by Gasteiger charge is 2.10. The highest BCUT2D eigenvalue weighted by molar-refractivity contribution is 7.22. The lowest BCUT2D eigenvalue weighted by atomic mass is 10.1. The number of unbranched alkanes of at least 4 members (excludes halogenated alkanes) is 1. The van der Waals surface area contributed by atoms with Crippen molar-refractivity contribution in [3.8, 4) is 0 Å². The van der Waals surface area contributed by atoms with Crippen LogP contribution in [-0.2, 0) is 6.42 Å². The Bertz CT molecular complexity index is 821. The average Bonchev–Trinajstić information content (AvgIpc) is 2.97. The van der Waals surface area contributed by atoms with E-state index in [0.717, 1.165) is 22.2 Å². The molecule has 4 heteroatoms. The molecule has 1 amide bonds. The number of nitrogens with zero attached hydrogens (tertiary/aromatic N) is 1. The molecule has 3 rings (SSSR count). The van der Waals surface area contributed by atoms with Crippen molar-refractivity contribution in [2.45, 2.75) is 33.1 Å². The zero-order valence-corrected chi connectivity index (χ0v) is 14.2. The standard InChI is InChI=1S/C19H20N2OS/c1-3-4-7-14-9-11-15(12-10-14)18(22)21-19-20-17-13(2)6-5-8-16(17)23-19/h5-6,8-12H,3-4,7H2,1-2H3,(H,20,21,22). The molecule has 0 fully saturated rings. The topological polar surface area (TPSA) is 42.0 Å². The van der Waals surface area contributed by atoms with Crippen molar-refractivity contribution in [3.05, 3.63) is 59.2 Å². The van der Waals surface area contributed by atoms with E-state index in [2.05, 4.69) is 17.2 Å². The van der Waals surface area contributed by atoms with Gasteiger partial charge in [-0.2, -0.15) is 0 Å². The first-order chi connectivity index (χ1) is 11.2. The van der Waals surface area contributed by atoms with Crippen LogP contribution in [0, 0.1) is 6.92 Å². The molecule has 1 aromatic heterocycles. The van der Waals surface area contributed by atoms with Crippen LogP contribution in [0.3, 0.4) is 0 Å². The molecule has 3 nitrogen and oxygen atoms in total. The second-order valence-corrected chi connectivity index (χ2v) is 6.73. The van der Waals surface area contributed by atoms with Gasteiger partial charge in [-0.25, -0.2) is 4.98 Å². The lowest BCUT2D eigenvalue weighted by Crippen LogP contribution is -2.11. The van der Waals surface area contributed by atoms with Crippen LogP contribution in [0.2, 0.25) is 0 Å². The molecule has 0 aliphatic heterocycles. The number of carbonyl (C=O) groups is 1. The fraction of sp³-hybridized carbons (Fsp3) is 0.263. The monoisotopic (exact) mass is 324 g/mol. The molecule has 0 bridgehead atoms. The van der Waals surface area contributed by atoms with Gasteiger partial charge in [-0.1, -0.05) is 48.9 Å². The van der Waals surface area contributed by atoms with Crippen LogP contribution in [-0.4, -0.2) is 10.9 Å². The van der Waals surface area contributed by atoms with Gasteiger partial charge in [-0.05, 0) is 49.1 Å². The van der Waals surface area contributed by atoms with Crippen LogP contribution in [0.15, 0.2) is 42.5 Å². The summed E-state index contributed by atoms with van der Waals surface area (Å²) in [6.07, 6.45) is 3.42. The number of rotatable bonds is 5. The molecule has 0 spiro atoms. The smallest absolute Gasteiger partial charge is 0.257 e. The molecule has 1 N–H and O–H groups in total. The number of aryl methyl sites for hydroxylation is 2. The van der Waals surface area contributed by atoms with Crippen LogP contribution >= 0.6 is 11.3 Å². The van der Waals surface area contributed by atoms with Gasteiger partial charge in [-0.3, -0.25) is 10.1 Å². The zero-order valence-electron chi connectivity index (χ0n) is 13.4. The van der Waals surface area contributed by atoms with Gasteiger partial charge < -0.3 is 0 Å². The molecule has 0 atom stereocenters. The Labute approximate surface area is 140 Å². The summed E-state index contributed by atoms with van der Waals surface area (Å²) in [6, 6.07) is 13.9. The number of amides is 1. The number of carbonyl (C=O) groups excluding carboxylic acids is 1. The van der Waals surface area contributed by atoms with Crippen molar-refractivity contribution in [2.24, 2.45) is 0 Å². The van der Waals surface area contributed by atoms with Gasteiger partial charge in [0.25, 0.3) is 5.91 Å². The van der Waals surface area contributed by atoms with Gasteiger partial charge >= 0.3 is 0 Å². The SMILES string of the molecule is CCCCc1ccc(C(=O)Nc2nc3c(C)cccc3s2)cc1. The summed E-state index contributed by atoms with van der Waals surface area (Å²) in [5.74, 6) is -0.108. The van der Waals surface area contributed by atoms with Crippen molar-refractivity contribution in [3.63, 3.8) is 0 Å². The minimum absolute atomic E-state index is 0.108. The summed E-state index contributed by atoms with van der Waals surface area (Å²) in [6.45, 7) is 4.21. The minimum atomic E-state index is -0.108. The Morgan fingerprint density at radius 1 is 1.17 bits per heavy atom. The van der Waals surface area contributed by atoms with E-state index in [0.29, 0.717) is 10.7 Å². The number of anilines is 1. The van der Waals surface area contributed by atoms with Crippen molar-refractivity contribution >= 4 is 32.6 Å². The lowest BCUT2D eigenvalue weighted by Gasteiger charge is -2.04. The molecule has 0 saturated carbocycles. The summed E-state index contributed by atoms with van der Waals surface area (Å²) in [4.78, 5) is 16.9. The van der Waals surface area contributed by atoms with Crippen LogP contribution in [0.25, 0.3) is 10.2 Å². The van der Waals surface area contributed by atoms with Crippen molar-refractivity contribution in [1.29, 1.82) is 0 Å². The maximum Gasteiger partial charge on any atom is 0.257 e. The minimum Gasteiger partial charge on any atom is -0.298 e. The number of aromatic nitrogens is 1. The predicted octanol–water partition coefficient (Wildman–Crippen LogP) is 5.20. The van der Waals surface area contributed by atoms with Gasteiger partial charge in [-0.15, -0.1) is 0 Å². The van der Waals surface area contributed by atoms with Gasteiger partial charge in [0.05, 0.1) is 10.2 Å². The molecule has 0 aliphatic rings. The Morgan fingerprint density at radius 2 is 1.96 bits per heavy atom. The van der Waals surface area contributed by atoms with Crippen LogP contribution < -0.4 is 5.32 Å².